The van der Waals surface area contributed by atoms with E-state index in [0.717, 1.165) is 37.5 Å². The number of para-hydroxylation sites is 2. The fourth-order valence-electron chi connectivity index (χ4n) is 8.81. The van der Waals surface area contributed by atoms with E-state index in [-0.39, 0.29) is 17.6 Å². The van der Waals surface area contributed by atoms with Crippen LogP contribution in [-0.2, 0) is 14.4 Å². The molecule has 10 heteroatoms. The average molecular weight is 592 g/mol. The van der Waals surface area contributed by atoms with Gasteiger partial charge in [0.1, 0.15) is 0 Å². The molecule has 232 valence electrons. The molecule has 2 saturated carbocycles. The molecule has 4 bridgehead atoms. The molecule has 2 saturated heterocycles. The van der Waals surface area contributed by atoms with E-state index in [4.69, 9.17) is 4.84 Å². The van der Waals surface area contributed by atoms with Gasteiger partial charge < -0.3 is 19.4 Å². The molecule has 10 nitrogen and oxygen atoms in total. The Labute approximate surface area is 253 Å². The minimum absolute atomic E-state index is 0.0611. The predicted molar refractivity (Wildman–Crippen MR) is 164 cm³/mol. The van der Waals surface area contributed by atoms with Crippen LogP contribution < -0.4 is 5.56 Å². The van der Waals surface area contributed by atoms with Crippen molar-refractivity contribution in [1.82, 2.24) is 19.4 Å². The second-order valence-corrected chi connectivity index (χ2v) is 13.0. The largest absolute Gasteiger partial charge is 0.476 e. The van der Waals surface area contributed by atoms with Crippen molar-refractivity contribution in [2.45, 2.75) is 109 Å². The van der Waals surface area contributed by atoms with Crippen molar-refractivity contribution >= 4 is 28.6 Å². The van der Waals surface area contributed by atoms with E-state index >= 15 is 0 Å². The van der Waals surface area contributed by atoms with E-state index in [2.05, 4.69) is 15.0 Å². The summed E-state index contributed by atoms with van der Waals surface area (Å²) < 4.78 is 1.79. The van der Waals surface area contributed by atoms with Gasteiger partial charge in [0.25, 0.3) is 11.5 Å². The van der Waals surface area contributed by atoms with Crippen LogP contribution in [0.25, 0.3) is 11.0 Å². The number of carboxylic acids is 1. The molecule has 2 aromatic rings. The van der Waals surface area contributed by atoms with E-state index in [1.807, 2.05) is 32.0 Å². The number of fused-ring (bicyclic) bond motifs is 5. The zero-order chi connectivity index (χ0) is 30.1. The Morgan fingerprint density at radius 1 is 0.930 bits per heavy atom. The van der Waals surface area contributed by atoms with Gasteiger partial charge >= 0.3 is 5.97 Å². The molecule has 1 N–H and O–H groups in total. The molecule has 6 rings (SSSR count). The molecule has 1 unspecified atom stereocenters. The van der Waals surface area contributed by atoms with Crippen molar-refractivity contribution in [2.24, 2.45) is 17.0 Å². The first-order valence-corrected chi connectivity index (χ1v) is 16.4. The summed E-state index contributed by atoms with van der Waals surface area (Å²) in [4.78, 5) is 53.0. The lowest BCUT2D eigenvalue weighted by Crippen LogP contribution is -2.58. The maximum absolute atomic E-state index is 14.2. The highest BCUT2D eigenvalue weighted by Crippen LogP contribution is 2.47. The van der Waals surface area contributed by atoms with Crippen LogP contribution in [0.15, 0.2) is 34.2 Å². The number of rotatable bonds is 9. The summed E-state index contributed by atoms with van der Waals surface area (Å²) >= 11 is 0. The molecular formula is C33H45N5O5. The first kappa shape index (κ1) is 29.8. The van der Waals surface area contributed by atoms with E-state index in [9.17, 15) is 19.5 Å². The molecule has 4 fully saturated rings. The fourth-order valence-corrected chi connectivity index (χ4v) is 8.81. The first-order chi connectivity index (χ1) is 20.9. The maximum atomic E-state index is 14.2. The van der Waals surface area contributed by atoms with Crippen LogP contribution in [0.2, 0.25) is 0 Å². The zero-order valence-corrected chi connectivity index (χ0v) is 25.5. The summed E-state index contributed by atoms with van der Waals surface area (Å²) in [6.45, 7) is 4.31. The van der Waals surface area contributed by atoms with Crippen molar-refractivity contribution in [1.29, 1.82) is 0 Å². The molecule has 4 aliphatic rings. The van der Waals surface area contributed by atoms with Crippen LogP contribution in [0, 0.1) is 11.8 Å². The fraction of sp³-hybridized carbons (Fsp3) is 0.667. The lowest BCUT2D eigenvalue weighted by atomic mass is 9.68. The zero-order valence-electron chi connectivity index (χ0n) is 25.5. The maximum Gasteiger partial charge on any atom is 0.360 e. The van der Waals surface area contributed by atoms with Gasteiger partial charge in [0, 0.05) is 37.3 Å². The minimum atomic E-state index is -1.42. The molecule has 1 aromatic carbocycles. The van der Waals surface area contributed by atoms with Gasteiger partial charge in [-0.3, -0.25) is 14.5 Å². The van der Waals surface area contributed by atoms with Gasteiger partial charge in [-0.25, -0.2) is 9.78 Å². The second kappa shape index (κ2) is 12.8. The molecular weight excluding hydrogens is 546 g/mol. The number of carbonyl (C=O) groups excluding carboxylic acids is 1. The van der Waals surface area contributed by atoms with Crippen LogP contribution in [-0.4, -0.2) is 79.9 Å². The van der Waals surface area contributed by atoms with E-state index in [0.29, 0.717) is 42.2 Å². The SMILES string of the molecule is CCN(CC)C(=O)CO/N=C(\C(=O)O)c1nc2ccccc2n([C@H]2C[C@H]3CCC[C@@H](C2)N3C2C[C@H]3CCC[C@@H](C2)C3)c1=O. The van der Waals surface area contributed by atoms with Crippen molar-refractivity contribution in [3.63, 3.8) is 0 Å². The summed E-state index contributed by atoms with van der Waals surface area (Å²) in [5.41, 5.74) is -0.0556. The molecule has 1 amide bonds. The highest BCUT2D eigenvalue weighted by atomic mass is 16.6. The highest BCUT2D eigenvalue weighted by molar-refractivity contribution is 6.41. The number of aromatic nitrogens is 2. The molecule has 6 atom stereocenters. The number of carboxylic acid groups (broad SMARTS) is 1. The standard InChI is InChI=1S/C33H45N5O5/c1-3-36(4-2)29(39)20-43-35-31(33(41)42)30-32(40)38(28-14-6-5-13-27(28)34-30)26-18-23-11-8-12-24(19-26)37(23)25-16-21-9-7-10-22(15-21)17-25/h5-6,13-14,21-26H,3-4,7-12,15-20H2,1-2H3,(H,41,42)/b35-31-/t21-,22+,23-,24+,25?,26+. The van der Waals surface area contributed by atoms with Crippen LogP contribution in [0.3, 0.4) is 0 Å². The Hall–Kier alpha value is -3.27. The summed E-state index contributed by atoms with van der Waals surface area (Å²) in [5.74, 6) is 0.00516. The average Bonchev–Trinajstić information content (AvgIpc) is 2.99. The molecule has 2 aliphatic heterocycles. The van der Waals surface area contributed by atoms with Crippen LogP contribution >= 0.6 is 0 Å². The third-order valence-electron chi connectivity index (χ3n) is 10.6. The number of carbonyl (C=O) groups is 2. The summed E-state index contributed by atoms with van der Waals surface area (Å²) in [6, 6.07) is 8.85. The topological polar surface area (TPSA) is 117 Å². The minimum Gasteiger partial charge on any atom is -0.476 e. The van der Waals surface area contributed by atoms with Crippen molar-refractivity contribution in [2.75, 3.05) is 19.7 Å². The van der Waals surface area contributed by atoms with Gasteiger partial charge in [0.15, 0.2) is 12.3 Å². The number of oxime groups is 1. The number of aliphatic carboxylic acids is 1. The predicted octanol–water partition coefficient (Wildman–Crippen LogP) is 4.60. The van der Waals surface area contributed by atoms with Crippen LogP contribution in [0.1, 0.15) is 96.2 Å². The molecule has 0 radical (unpaired) electrons. The molecule has 1 aromatic heterocycles. The molecule has 43 heavy (non-hydrogen) atoms. The first-order valence-electron chi connectivity index (χ1n) is 16.4. The van der Waals surface area contributed by atoms with Gasteiger partial charge in [-0.1, -0.05) is 43.0 Å². The van der Waals surface area contributed by atoms with E-state index in [1.54, 1.807) is 15.5 Å². The van der Waals surface area contributed by atoms with Gasteiger partial charge in [-0.05, 0) is 82.8 Å². The summed E-state index contributed by atoms with van der Waals surface area (Å²) in [5, 5.41) is 13.9. The Morgan fingerprint density at radius 3 is 2.23 bits per heavy atom. The lowest BCUT2D eigenvalue weighted by Gasteiger charge is -2.55. The van der Waals surface area contributed by atoms with Gasteiger partial charge in [0.2, 0.25) is 5.71 Å². The number of hydrogen-bond donors (Lipinski definition) is 1. The Balaban J connectivity index is 1.31. The van der Waals surface area contributed by atoms with Crippen molar-refractivity contribution < 1.29 is 19.5 Å². The monoisotopic (exact) mass is 591 g/mol. The Bertz CT molecular complexity index is 1410. The van der Waals surface area contributed by atoms with Crippen LogP contribution in [0.4, 0.5) is 0 Å². The number of hydrogen-bond acceptors (Lipinski definition) is 7. The third-order valence-corrected chi connectivity index (χ3v) is 10.6. The summed E-state index contributed by atoms with van der Waals surface area (Å²) in [6.07, 6.45) is 13.4. The normalized spacial score (nSPS) is 29.3. The highest BCUT2D eigenvalue weighted by Gasteiger charge is 2.45. The lowest BCUT2D eigenvalue weighted by molar-refractivity contribution is -0.136. The molecule has 3 heterocycles. The molecule has 0 spiro atoms. The number of benzene rings is 1. The Kier molecular flexibility index (Phi) is 8.84. The Morgan fingerprint density at radius 2 is 1.58 bits per heavy atom. The van der Waals surface area contributed by atoms with E-state index < -0.39 is 23.8 Å². The van der Waals surface area contributed by atoms with Crippen molar-refractivity contribution in [3.8, 4) is 0 Å². The number of nitrogens with zero attached hydrogens (tertiary/aromatic N) is 5. The number of likely N-dealkylation sites (N-methyl/N-ethyl adjacent to an activating group) is 1. The number of piperidine rings is 2. The molecule has 2 aliphatic carbocycles. The third kappa shape index (κ3) is 5.95. The van der Waals surface area contributed by atoms with Gasteiger partial charge in [-0.2, -0.15) is 0 Å². The number of amides is 1. The van der Waals surface area contributed by atoms with Gasteiger partial charge in [0.05, 0.1) is 11.0 Å². The van der Waals surface area contributed by atoms with E-state index in [1.165, 1.54) is 44.9 Å². The van der Waals surface area contributed by atoms with Gasteiger partial charge in [-0.15, -0.1) is 0 Å². The quantitative estimate of drug-likeness (QED) is 0.335. The van der Waals surface area contributed by atoms with Crippen molar-refractivity contribution in [3.05, 3.63) is 40.3 Å². The smallest absolute Gasteiger partial charge is 0.360 e. The van der Waals surface area contributed by atoms with Crippen LogP contribution in [0.5, 0.6) is 0 Å². The summed E-state index contributed by atoms with van der Waals surface area (Å²) in [7, 11) is 0. The second-order valence-electron chi connectivity index (χ2n) is 13.0.